The number of allylic oxidation sites excluding steroid dienone is 1. The van der Waals surface area contributed by atoms with Gasteiger partial charge >= 0.3 is 0 Å². The lowest BCUT2D eigenvalue weighted by Crippen LogP contribution is -2.03. The molecule has 1 aromatic carbocycles. The number of hydrogen-bond donors (Lipinski definition) is 1. The van der Waals surface area contributed by atoms with Gasteiger partial charge in [-0.2, -0.15) is 0 Å². The van der Waals surface area contributed by atoms with Crippen molar-refractivity contribution >= 4 is 5.69 Å². The molecular weight excluding hydrogens is 162 g/mol. The molecule has 0 fully saturated rings. The lowest BCUT2D eigenvalue weighted by Gasteiger charge is -2.10. The largest absolute Gasteiger partial charge is 0.479 e. The summed E-state index contributed by atoms with van der Waals surface area (Å²) in [6, 6.07) is 9.97. The Morgan fingerprint density at radius 3 is 2.62 bits per heavy atom. The van der Waals surface area contributed by atoms with Gasteiger partial charge in [-0.05, 0) is 32.1 Å². The zero-order valence-electron chi connectivity index (χ0n) is 8.08. The second-order valence-corrected chi connectivity index (χ2v) is 2.58. The maximum Gasteiger partial charge on any atom is 0.186 e. The van der Waals surface area contributed by atoms with Gasteiger partial charge in [-0.3, -0.25) is 0 Å². The van der Waals surface area contributed by atoms with Crippen molar-refractivity contribution in [3.63, 3.8) is 0 Å². The zero-order valence-corrected chi connectivity index (χ0v) is 8.08. The Balaban J connectivity index is 2.58. The Morgan fingerprint density at radius 2 is 2.08 bits per heavy atom. The van der Waals surface area contributed by atoms with Gasteiger partial charge in [0.15, 0.2) is 5.88 Å². The molecule has 1 rings (SSSR count). The van der Waals surface area contributed by atoms with E-state index in [1.54, 1.807) is 0 Å². The van der Waals surface area contributed by atoms with Crippen LogP contribution in [0.4, 0.5) is 5.69 Å². The first-order chi connectivity index (χ1) is 6.36. The van der Waals surface area contributed by atoms with Gasteiger partial charge in [0.1, 0.15) is 0 Å². The summed E-state index contributed by atoms with van der Waals surface area (Å²) in [6.07, 6.45) is 1.91. The molecule has 0 atom stereocenters. The first-order valence-corrected chi connectivity index (χ1v) is 4.48. The van der Waals surface area contributed by atoms with Crippen molar-refractivity contribution < 1.29 is 4.74 Å². The fraction of sp³-hybridized carbons (Fsp3) is 0.273. The average molecular weight is 177 g/mol. The molecule has 0 bridgehead atoms. The highest BCUT2D eigenvalue weighted by Gasteiger charge is 1.94. The van der Waals surface area contributed by atoms with Gasteiger partial charge in [-0.25, -0.2) is 0 Å². The topological polar surface area (TPSA) is 21.3 Å². The third-order valence-electron chi connectivity index (χ3n) is 1.60. The minimum absolute atomic E-state index is 0.680. The van der Waals surface area contributed by atoms with Gasteiger partial charge in [0.05, 0.1) is 6.61 Å². The molecule has 0 amide bonds. The minimum Gasteiger partial charge on any atom is -0.479 e. The number of hydrogen-bond acceptors (Lipinski definition) is 2. The fourth-order valence-corrected chi connectivity index (χ4v) is 1.01. The maximum absolute atomic E-state index is 5.35. The SMILES string of the molecule is C/C=C(/Nc1ccccc1)OCC. The Kier molecular flexibility index (Phi) is 3.89. The number of nitrogens with one attached hydrogen (secondary N) is 1. The highest BCUT2D eigenvalue weighted by atomic mass is 16.5. The van der Waals surface area contributed by atoms with E-state index in [1.807, 2.05) is 50.3 Å². The van der Waals surface area contributed by atoms with Crippen molar-refractivity contribution in [1.82, 2.24) is 0 Å². The van der Waals surface area contributed by atoms with E-state index in [2.05, 4.69) is 5.32 Å². The standard InChI is InChI=1S/C11H15NO/c1-3-11(13-4-2)12-10-8-6-5-7-9-10/h3,5-9,12H,4H2,1-2H3/b11-3-. The number of ether oxygens (including phenoxy) is 1. The molecule has 0 aliphatic carbocycles. The molecule has 2 nitrogen and oxygen atoms in total. The van der Waals surface area contributed by atoms with E-state index >= 15 is 0 Å². The van der Waals surface area contributed by atoms with Crippen LogP contribution in [0.3, 0.4) is 0 Å². The van der Waals surface area contributed by atoms with E-state index in [-0.39, 0.29) is 0 Å². The molecule has 2 heteroatoms. The number of para-hydroxylation sites is 1. The van der Waals surface area contributed by atoms with Crippen LogP contribution in [-0.2, 0) is 4.74 Å². The second kappa shape index (κ2) is 5.25. The van der Waals surface area contributed by atoms with E-state index in [4.69, 9.17) is 4.74 Å². The summed E-state index contributed by atoms with van der Waals surface area (Å²) in [6.45, 7) is 4.59. The molecule has 13 heavy (non-hydrogen) atoms. The van der Waals surface area contributed by atoms with Gasteiger partial charge in [-0.1, -0.05) is 18.2 Å². The molecule has 0 aliphatic heterocycles. The molecule has 0 heterocycles. The first-order valence-electron chi connectivity index (χ1n) is 4.48. The van der Waals surface area contributed by atoms with Crippen LogP contribution in [0, 0.1) is 0 Å². The quantitative estimate of drug-likeness (QED) is 0.714. The van der Waals surface area contributed by atoms with Gasteiger partial charge in [0.25, 0.3) is 0 Å². The summed E-state index contributed by atoms with van der Waals surface area (Å²) in [5.74, 6) is 0.800. The summed E-state index contributed by atoms with van der Waals surface area (Å²) in [5, 5.41) is 3.17. The lowest BCUT2D eigenvalue weighted by atomic mass is 10.3. The highest BCUT2D eigenvalue weighted by Crippen LogP contribution is 2.09. The monoisotopic (exact) mass is 177 g/mol. The molecule has 0 aromatic heterocycles. The maximum atomic E-state index is 5.35. The molecule has 0 saturated carbocycles. The zero-order chi connectivity index (χ0) is 9.52. The van der Waals surface area contributed by atoms with Crippen LogP contribution >= 0.6 is 0 Å². The summed E-state index contributed by atoms with van der Waals surface area (Å²) in [4.78, 5) is 0. The van der Waals surface area contributed by atoms with Crippen LogP contribution in [0.15, 0.2) is 42.3 Å². The van der Waals surface area contributed by atoms with Gasteiger partial charge in [-0.15, -0.1) is 0 Å². The fourth-order valence-electron chi connectivity index (χ4n) is 1.01. The summed E-state index contributed by atoms with van der Waals surface area (Å²) < 4.78 is 5.35. The molecule has 0 aliphatic rings. The predicted molar refractivity (Wildman–Crippen MR) is 55.4 cm³/mol. The van der Waals surface area contributed by atoms with Crippen molar-refractivity contribution in [2.45, 2.75) is 13.8 Å². The van der Waals surface area contributed by atoms with Crippen molar-refractivity contribution in [2.24, 2.45) is 0 Å². The molecule has 0 unspecified atom stereocenters. The van der Waals surface area contributed by atoms with Crippen LogP contribution in [0.1, 0.15) is 13.8 Å². The van der Waals surface area contributed by atoms with Crippen LogP contribution in [0.5, 0.6) is 0 Å². The third-order valence-corrected chi connectivity index (χ3v) is 1.60. The molecule has 0 saturated heterocycles. The second-order valence-electron chi connectivity index (χ2n) is 2.58. The average Bonchev–Trinajstić information content (AvgIpc) is 2.19. The summed E-state index contributed by atoms with van der Waals surface area (Å²) >= 11 is 0. The van der Waals surface area contributed by atoms with Crippen molar-refractivity contribution in [2.75, 3.05) is 11.9 Å². The van der Waals surface area contributed by atoms with Crippen LogP contribution < -0.4 is 5.32 Å². The Labute approximate surface area is 79.2 Å². The number of anilines is 1. The molecule has 1 aromatic rings. The van der Waals surface area contributed by atoms with Gasteiger partial charge < -0.3 is 10.1 Å². The molecule has 70 valence electrons. The van der Waals surface area contributed by atoms with E-state index in [0.717, 1.165) is 11.6 Å². The number of rotatable bonds is 4. The first kappa shape index (κ1) is 9.65. The Morgan fingerprint density at radius 1 is 1.38 bits per heavy atom. The number of benzene rings is 1. The molecular formula is C11H15NO. The van der Waals surface area contributed by atoms with Crippen molar-refractivity contribution in [3.8, 4) is 0 Å². The highest BCUT2D eigenvalue weighted by molar-refractivity contribution is 5.46. The molecule has 0 spiro atoms. The van der Waals surface area contributed by atoms with Crippen molar-refractivity contribution in [3.05, 3.63) is 42.3 Å². The van der Waals surface area contributed by atoms with Gasteiger partial charge in [0, 0.05) is 5.69 Å². The van der Waals surface area contributed by atoms with Crippen molar-refractivity contribution in [1.29, 1.82) is 0 Å². The summed E-state index contributed by atoms with van der Waals surface area (Å²) in [5.41, 5.74) is 1.05. The molecule has 0 radical (unpaired) electrons. The van der Waals surface area contributed by atoms with E-state index < -0.39 is 0 Å². The van der Waals surface area contributed by atoms with Crippen LogP contribution in [0.25, 0.3) is 0 Å². The Bertz CT molecular complexity index is 267. The van der Waals surface area contributed by atoms with E-state index in [1.165, 1.54) is 0 Å². The predicted octanol–water partition coefficient (Wildman–Crippen LogP) is 3.00. The molecule has 1 N–H and O–H groups in total. The van der Waals surface area contributed by atoms with Gasteiger partial charge in [0.2, 0.25) is 0 Å². The van der Waals surface area contributed by atoms with E-state index in [0.29, 0.717) is 6.61 Å². The van der Waals surface area contributed by atoms with Crippen LogP contribution in [-0.4, -0.2) is 6.61 Å². The summed E-state index contributed by atoms with van der Waals surface area (Å²) in [7, 11) is 0. The minimum atomic E-state index is 0.680. The van der Waals surface area contributed by atoms with E-state index in [9.17, 15) is 0 Å². The third kappa shape index (κ3) is 3.20. The van der Waals surface area contributed by atoms with Crippen LogP contribution in [0.2, 0.25) is 0 Å². The Hall–Kier alpha value is -1.44. The normalized spacial score (nSPS) is 11.1. The smallest absolute Gasteiger partial charge is 0.186 e. The lowest BCUT2D eigenvalue weighted by molar-refractivity contribution is 0.234.